The van der Waals surface area contributed by atoms with Crippen LogP contribution in [0.1, 0.15) is 15.9 Å². The average Bonchev–Trinajstić information content (AvgIpc) is 2.61. The first-order valence-electron chi connectivity index (χ1n) is 7.19. The second-order valence-electron chi connectivity index (χ2n) is 4.88. The molecule has 2 rings (SSSR count). The molecule has 0 aliphatic carbocycles. The summed E-state index contributed by atoms with van der Waals surface area (Å²) in [7, 11) is 0. The zero-order valence-electron chi connectivity index (χ0n) is 12.9. The van der Waals surface area contributed by atoms with Crippen LogP contribution in [0.4, 0.5) is 14.5 Å². The van der Waals surface area contributed by atoms with Crippen LogP contribution in [0.3, 0.4) is 0 Å². The van der Waals surface area contributed by atoms with Gasteiger partial charge >= 0.3 is 5.97 Å². The molecule has 0 spiro atoms. The lowest BCUT2D eigenvalue weighted by Crippen LogP contribution is -2.20. The first-order valence-corrected chi connectivity index (χ1v) is 8.07. The SMILES string of the molecule is O=C(COC(=O)c1ccc(CO)cc1)Nc1ccc(SC(F)F)cc1. The highest BCUT2D eigenvalue weighted by atomic mass is 32.2. The minimum atomic E-state index is -2.51. The van der Waals surface area contributed by atoms with Gasteiger partial charge < -0.3 is 15.2 Å². The molecule has 2 aromatic carbocycles. The Balaban J connectivity index is 1.82. The monoisotopic (exact) mass is 367 g/mol. The molecule has 5 nitrogen and oxygen atoms in total. The highest BCUT2D eigenvalue weighted by molar-refractivity contribution is 7.99. The number of anilines is 1. The van der Waals surface area contributed by atoms with Gasteiger partial charge in [-0.05, 0) is 42.0 Å². The number of thioether (sulfide) groups is 1. The van der Waals surface area contributed by atoms with Crippen LogP contribution in [-0.4, -0.2) is 29.3 Å². The number of rotatable bonds is 7. The summed E-state index contributed by atoms with van der Waals surface area (Å²) in [6.07, 6.45) is 0. The van der Waals surface area contributed by atoms with Crippen LogP contribution in [0.25, 0.3) is 0 Å². The first-order chi connectivity index (χ1) is 12.0. The minimum absolute atomic E-state index is 0.133. The number of ether oxygens (including phenoxy) is 1. The predicted octanol–water partition coefficient (Wildman–Crippen LogP) is 3.29. The third-order valence-electron chi connectivity index (χ3n) is 3.07. The van der Waals surface area contributed by atoms with E-state index in [1.807, 2.05) is 0 Å². The van der Waals surface area contributed by atoms with E-state index in [1.165, 1.54) is 36.4 Å². The van der Waals surface area contributed by atoms with E-state index in [0.29, 0.717) is 27.9 Å². The summed E-state index contributed by atoms with van der Waals surface area (Å²) < 4.78 is 29.3. The Bertz CT molecular complexity index is 720. The Hall–Kier alpha value is -2.45. The summed E-state index contributed by atoms with van der Waals surface area (Å²) in [4.78, 5) is 24.0. The van der Waals surface area contributed by atoms with Crippen molar-refractivity contribution in [3.63, 3.8) is 0 Å². The number of benzene rings is 2. The number of carbonyl (C=O) groups is 2. The molecular weight excluding hydrogens is 352 g/mol. The van der Waals surface area contributed by atoms with Crippen molar-refractivity contribution in [3.8, 4) is 0 Å². The van der Waals surface area contributed by atoms with Crippen molar-refractivity contribution in [3.05, 3.63) is 59.7 Å². The van der Waals surface area contributed by atoms with E-state index < -0.39 is 24.2 Å². The number of esters is 1. The van der Waals surface area contributed by atoms with Crippen LogP contribution in [0, 0.1) is 0 Å². The van der Waals surface area contributed by atoms with Crippen molar-refractivity contribution in [2.75, 3.05) is 11.9 Å². The summed E-state index contributed by atoms with van der Waals surface area (Å²) in [6.45, 7) is -0.611. The number of nitrogens with one attached hydrogen (secondary N) is 1. The van der Waals surface area contributed by atoms with Gasteiger partial charge in [0, 0.05) is 10.6 Å². The predicted molar refractivity (Wildman–Crippen MR) is 89.6 cm³/mol. The van der Waals surface area contributed by atoms with Gasteiger partial charge in [-0.25, -0.2) is 4.79 Å². The van der Waals surface area contributed by atoms with Crippen molar-refractivity contribution < 1.29 is 28.2 Å². The van der Waals surface area contributed by atoms with Gasteiger partial charge in [0.25, 0.3) is 11.7 Å². The van der Waals surface area contributed by atoms with Gasteiger partial charge in [-0.15, -0.1) is 0 Å². The van der Waals surface area contributed by atoms with E-state index in [1.54, 1.807) is 12.1 Å². The molecule has 0 atom stereocenters. The lowest BCUT2D eigenvalue weighted by molar-refractivity contribution is -0.119. The number of amides is 1. The maximum Gasteiger partial charge on any atom is 0.338 e. The molecule has 0 radical (unpaired) electrons. The fourth-order valence-electron chi connectivity index (χ4n) is 1.88. The fraction of sp³-hybridized carbons (Fsp3) is 0.176. The molecular formula is C17H15F2NO4S. The summed E-state index contributed by atoms with van der Waals surface area (Å²) in [5.41, 5.74) is 1.33. The third-order valence-corrected chi connectivity index (χ3v) is 3.79. The van der Waals surface area contributed by atoms with E-state index in [-0.39, 0.29) is 12.2 Å². The quantitative estimate of drug-likeness (QED) is 0.580. The second-order valence-corrected chi connectivity index (χ2v) is 5.95. The Kier molecular flexibility index (Phi) is 6.91. The van der Waals surface area contributed by atoms with Gasteiger partial charge in [0.05, 0.1) is 12.2 Å². The molecule has 0 fully saturated rings. The molecule has 0 aliphatic heterocycles. The largest absolute Gasteiger partial charge is 0.452 e. The molecule has 0 bridgehead atoms. The molecule has 1 amide bonds. The van der Waals surface area contributed by atoms with Crippen LogP contribution < -0.4 is 5.32 Å². The maximum absolute atomic E-state index is 12.2. The molecule has 0 unspecified atom stereocenters. The lowest BCUT2D eigenvalue weighted by Gasteiger charge is -2.08. The van der Waals surface area contributed by atoms with Crippen molar-refractivity contribution in [1.82, 2.24) is 0 Å². The van der Waals surface area contributed by atoms with Gasteiger partial charge in [0.2, 0.25) is 0 Å². The topological polar surface area (TPSA) is 75.6 Å². The number of halogens is 2. The Labute approximate surface area is 147 Å². The standard InChI is InChI=1S/C17H15F2NO4S/c18-17(19)25-14-7-5-13(6-8-14)20-15(22)10-24-16(23)12-3-1-11(9-21)2-4-12/h1-8,17,21H,9-10H2,(H,20,22). The van der Waals surface area contributed by atoms with E-state index in [2.05, 4.69) is 5.32 Å². The van der Waals surface area contributed by atoms with Crippen molar-refractivity contribution in [2.24, 2.45) is 0 Å². The summed E-state index contributed by atoms with van der Waals surface area (Å²) in [5.74, 6) is -3.72. The summed E-state index contributed by atoms with van der Waals surface area (Å²) >= 11 is 0.409. The smallest absolute Gasteiger partial charge is 0.338 e. The molecule has 2 N–H and O–H groups in total. The van der Waals surface area contributed by atoms with Crippen LogP contribution in [0.15, 0.2) is 53.4 Å². The highest BCUT2D eigenvalue weighted by Crippen LogP contribution is 2.26. The zero-order chi connectivity index (χ0) is 18.2. The maximum atomic E-state index is 12.2. The van der Waals surface area contributed by atoms with Gasteiger partial charge in [0.1, 0.15) is 0 Å². The van der Waals surface area contributed by atoms with Crippen LogP contribution >= 0.6 is 11.8 Å². The van der Waals surface area contributed by atoms with Crippen LogP contribution in [0.2, 0.25) is 0 Å². The van der Waals surface area contributed by atoms with E-state index in [0.717, 1.165) is 0 Å². The van der Waals surface area contributed by atoms with Crippen molar-refractivity contribution >= 4 is 29.3 Å². The summed E-state index contributed by atoms with van der Waals surface area (Å²) in [5, 5.41) is 11.4. The normalized spacial score (nSPS) is 10.6. The van der Waals surface area contributed by atoms with Crippen molar-refractivity contribution in [2.45, 2.75) is 17.3 Å². The van der Waals surface area contributed by atoms with Crippen LogP contribution in [0.5, 0.6) is 0 Å². The van der Waals surface area contributed by atoms with Crippen LogP contribution in [-0.2, 0) is 16.1 Å². The molecule has 0 saturated carbocycles. The number of aliphatic hydroxyl groups excluding tert-OH is 1. The third kappa shape index (κ3) is 6.17. The van der Waals surface area contributed by atoms with E-state index in [9.17, 15) is 18.4 Å². The molecule has 0 aliphatic rings. The molecule has 2 aromatic rings. The summed E-state index contributed by atoms with van der Waals surface area (Å²) in [6, 6.07) is 12.0. The Morgan fingerprint density at radius 1 is 1.08 bits per heavy atom. The van der Waals surface area contributed by atoms with Crippen molar-refractivity contribution in [1.29, 1.82) is 0 Å². The number of hydrogen-bond donors (Lipinski definition) is 2. The zero-order valence-corrected chi connectivity index (χ0v) is 13.8. The van der Waals surface area contributed by atoms with Gasteiger partial charge in [-0.1, -0.05) is 23.9 Å². The number of carbonyl (C=O) groups excluding carboxylic acids is 2. The molecule has 0 aromatic heterocycles. The lowest BCUT2D eigenvalue weighted by atomic mass is 10.1. The average molecular weight is 367 g/mol. The van der Waals surface area contributed by atoms with E-state index in [4.69, 9.17) is 9.84 Å². The van der Waals surface area contributed by atoms with Gasteiger partial charge in [0.15, 0.2) is 6.61 Å². The fourth-order valence-corrected chi connectivity index (χ4v) is 2.38. The minimum Gasteiger partial charge on any atom is -0.452 e. The molecule has 8 heteroatoms. The molecule has 0 heterocycles. The van der Waals surface area contributed by atoms with Gasteiger partial charge in [-0.2, -0.15) is 8.78 Å². The number of hydrogen-bond acceptors (Lipinski definition) is 5. The Morgan fingerprint density at radius 3 is 2.28 bits per heavy atom. The van der Waals surface area contributed by atoms with E-state index >= 15 is 0 Å². The van der Waals surface area contributed by atoms with Gasteiger partial charge in [-0.3, -0.25) is 4.79 Å². The Morgan fingerprint density at radius 2 is 1.72 bits per heavy atom. The molecule has 0 saturated heterocycles. The molecule has 132 valence electrons. The molecule has 25 heavy (non-hydrogen) atoms. The second kappa shape index (κ2) is 9.14. The number of alkyl halides is 2. The first kappa shape index (κ1) is 18.9. The number of aliphatic hydroxyl groups is 1. The highest BCUT2D eigenvalue weighted by Gasteiger charge is 2.11.